The Morgan fingerprint density at radius 3 is 3.06 bits per heavy atom. The molecular weight excluding hydrogens is 230 g/mol. The van der Waals surface area contributed by atoms with Crippen LogP contribution in [-0.2, 0) is 0 Å². The number of hydrogen-bond donors (Lipinski definition) is 1. The normalized spacial score (nSPS) is 26.4. The minimum Gasteiger partial charge on any atom is -0.367 e. The van der Waals surface area contributed by atoms with Crippen molar-refractivity contribution >= 4 is 11.4 Å². The molecule has 0 radical (unpaired) electrons. The zero-order chi connectivity index (χ0) is 12.7. The lowest BCUT2D eigenvalue weighted by atomic mass is 10.0. The minimum atomic E-state index is -0.292. The number of nitro groups is 1. The van der Waals surface area contributed by atoms with Crippen molar-refractivity contribution in [2.75, 3.05) is 24.5 Å². The second-order valence-electron chi connectivity index (χ2n) is 5.20. The van der Waals surface area contributed by atoms with E-state index in [2.05, 4.69) is 10.2 Å². The number of rotatable bonds is 2. The maximum absolute atomic E-state index is 11.0. The maximum atomic E-state index is 11.0. The summed E-state index contributed by atoms with van der Waals surface area (Å²) in [5, 5.41) is 14.4. The molecule has 2 heterocycles. The first-order valence-corrected chi connectivity index (χ1v) is 6.39. The molecule has 1 aromatic rings. The highest BCUT2D eigenvalue weighted by Gasteiger charge is 2.37. The molecule has 5 heteroatoms. The van der Waals surface area contributed by atoms with Crippen LogP contribution in [0.4, 0.5) is 11.4 Å². The van der Waals surface area contributed by atoms with Crippen LogP contribution in [-0.4, -0.2) is 30.6 Å². The van der Waals surface area contributed by atoms with E-state index in [1.165, 1.54) is 6.42 Å². The Kier molecular flexibility index (Phi) is 2.70. The van der Waals surface area contributed by atoms with Gasteiger partial charge in [-0.1, -0.05) is 6.07 Å². The highest BCUT2D eigenvalue weighted by molar-refractivity contribution is 5.58. The fourth-order valence-corrected chi connectivity index (χ4v) is 3.14. The fourth-order valence-electron chi connectivity index (χ4n) is 3.14. The van der Waals surface area contributed by atoms with Gasteiger partial charge in [-0.25, -0.2) is 0 Å². The number of benzene rings is 1. The predicted molar refractivity (Wildman–Crippen MR) is 69.9 cm³/mol. The first-order chi connectivity index (χ1) is 8.66. The molecule has 0 aliphatic carbocycles. The van der Waals surface area contributed by atoms with Crippen molar-refractivity contribution in [3.8, 4) is 0 Å². The molecule has 2 saturated heterocycles. The van der Waals surface area contributed by atoms with Gasteiger partial charge in [0, 0.05) is 43.0 Å². The largest absolute Gasteiger partial charge is 0.367 e. The van der Waals surface area contributed by atoms with E-state index in [4.69, 9.17) is 0 Å². The summed E-state index contributed by atoms with van der Waals surface area (Å²) in [4.78, 5) is 13.0. The number of nitrogens with zero attached hydrogens (tertiary/aromatic N) is 2. The molecule has 0 saturated carbocycles. The van der Waals surface area contributed by atoms with Gasteiger partial charge < -0.3 is 10.2 Å². The van der Waals surface area contributed by atoms with Gasteiger partial charge in [0.25, 0.3) is 5.69 Å². The molecule has 5 nitrogen and oxygen atoms in total. The maximum Gasteiger partial charge on any atom is 0.274 e. The predicted octanol–water partition coefficient (Wildman–Crippen LogP) is 1.70. The average Bonchev–Trinajstić information content (AvgIpc) is 2.91. The molecule has 0 aromatic heterocycles. The summed E-state index contributed by atoms with van der Waals surface area (Å²) in [5.41, 5.74) is 1.94. The summed E-state index contributed by atoms with van der Waals surface area (Å²) < 4.78 is 0. The Labute approximate surface area is 106 Å². The molecule has 2 atom stereocenters. The molecule has 3 rings (SSSR count). The summed E-state index contributed by atoms with van der Waals surface area (Å²) in [5.74, 6) is 0.699. The number of nitrogens with one attached hydrogen (secondary N) is 1. The van der Waals surface area contributed by atoms with Gasteiger partial charge in [-0.05, 0) is 25.3 Å². The number of nitro benzene ring substituents is 1. The van der Waals surface area contributed by atoms with E-state index >= 15 is 0 Å². The molecule has 2 aliphatic heterocycles. The second-order valence-corrected chi connectivity index (χ2v) is 5.20. The van der Waals surface area contributed by atoms with Crippen LogP contribution in [0.1, 0.15) is 12.0 Å². The van der Waals surface area contributed by atoms with Gasteiger partial charge in [0.05, 0.1) is 4.92 Å². The van der Waals surface area contributed by atoms with E-state index in [1.54, 1.807) is 13.0 Å². The van der Waals surface area contributed by atoms with Crippen molar-refractivity contribution in [1.82, 2.24) is 5.32 Å². The van der Waals surface area contributed by atoms with E-state index in [-0.39, 0.29) is 10.6 Å². The van der Waals surface area contributed by atoms with Crippen LogP contribution in [0.2, 0.25) is 0 Å². The summed E-state index contributed by atoms with van der Waals surface area (Å²) >= 11 is 0. The number of aryl methyl sites for hydroxylation is 1. The van der Waals surface area contributed by atoms with Gasteiger partial charge in [0.15, 0.2) is 0 Å². The number of anilines is 1. The molecule has 96 valence electrons. The Bertz CT molecular complexity index is 489. The van der Waals surface area contributed by atoms with Gasteiger partial charge in [0.1, 0.15) is 0 Å². The quantitative estimate of drug-likeness (QED) is 0.638. The topological polar surface area (TPSA) is 58.4 Å². The lowest BCUT2D eigenvalue weighted by Crippen LogP contribution is -2.34. The molecule has 1 N–H and O–H groups in total. The van der Waals surface area contributed by atoms with E-state index in [0.29, 0.717) is 12.0 Å². The second kappa shape index (κ2) is 4.24. The molecule has 2 aliphatic rings. The summed E-state index contributed by atoms with van der Waals surface area (Å²) in [7, 11) is 0. The number of hydrogen-bond acceptors (Lipinski definition) is 4. The van der Waals surface area contributed by atoms with Crippen molar-refractivity contribution in [3.63, 3.8) is 0 Å². The van der Waals surface area contributed by atoms with Gasteiger partial charge in [-0.3, -0.25) is 10.1 Å². The summed E-state index contributed by atoms with van der Waals surface area (Å²) in [6.45, 7) is 4.87. The van der Waals surface area contributed by atoms with Crippen molar-refractivity contribution in [1.29, 1.82) is 0 Å². The Morgan fingerprint density at radius 2 is 2.28 bits per heavy atom. The van der Waals surface area contributed by atoms with Gasteiger partial charge >= 0.3 is 0 Å². The van der Waals surface area contributed by atoms with Crippen LogP contribution >= 0.6 is 0 Å². The van der Waals surface area contributed by atoms with Crippen LogP contribution in [0.25, 0.3) is 0 Å². The third kappa shape index (κ3) is 1.75. The van der Waals surface area contributed by atoms with Crippen molar-refractivity contribution in [2.45, 2.75) is 19.4 Å². The van der Waals surface area contributed by atoms with Crippen LogP contribution in [0.5, 0.6) is 0 Å². The molecule has 0 amide bonds. The molecule has 2 fully saturated rings. The SMILES string of the molecule is Cc1ccc(N2CC[C@H]3CNC[C@H]32)cc1[N+](=O)[O-]. The summed E-state index contributed by atoms with van der Waals surface area (Å²) in [6.07, 6.45) is 1.18. The Morgan fingerprint density at radius 1 is 1.44 bits per heavy atom. The summed E-state index contributed by atoms with van der Waals surface area (Å²) in [6, 6.07) is 6.08. The third-order valence-corrected chi connectivity index (χ3v) is 4.17. The smallest absolute Gasteiger partial charge is 0.274 e. The standard InChI is InChI=1S/C13H17N3O2/c1-9-2-3-11(6-12(9)16(17)18)15-5-4-10-7-14-8-13(10)15/h2-3,6,10,13-14H,4-5,7-8H2,1H3/t10-,13+/m0/s1. The lowest BCUT2D eigenvalue weighted by molar-refractivity contribution is -0.385. The molecule has 1 aromatic carbocycles. The zero-order valence-electron chi connectivity index (χ0n) is 10.4. The minimum absolute atomic E-state index is 0.224. The van der Waals surface area contributed by atoms with Gasteiger partial charge in [-0.2, -0.15) is 0 Å². The van der Waals surface area contributed by atoms with Crippen LogP contribution in [0, 0.1) is 23.0 Å². The van der Waals surface area contributed by atoms with Crippen LogP contribution in [0.3, 0.4) is 0 Å². The lowest BCUT2D eigenvalue weighted by Gasteiger charge is -2.25. The molecule has 0 spiro atoms. The third-order valence-electron chi connectivity index (χ3n) is 4.17. The first kappa shape index (κ1) is 11.5. The highest BCUT2D eigenvalue weighted by Crippen LogP contribution is 2.34. The van der Waals surface area contributed by atoms with E-state index in [0.717, 1.165) is 30.9 Å². The van der Waals surface area contributed by atoms with Crippen molar-refractivity contribution in [3.05, 3.63) is 33.9 Å². The van der Waals surface area contributed by atoms with E-state index < -0.39 is 0 Å². The van der Waals surface area contributed by atoms with E-state index in [9.17, 15) is 10.1 Å². The number of fused-ring (bicyclic) bond motifs is 1. The van der Waals surface area contributed by atoms with E-state index in [1.807, 2.05) is 12.1 Å². The highest BCUT2D eigenvalue weighted by atomic mass is 16.6. The van der Waals surface area contributed by atoms with Crippen LogP contribution in [0.15, 0.2) is 18.2 Å². The Balaban J connectivity index is 1.93. The van der Waals surface area contributed by atoms with Crippen molar-refractivity contribution < 1.29 is 4.92 Å². The fraction of sp³-hybridized carbons (Fsp3) is 0.538. The average molecular weight is 247 g/mol. The molecule has 0 bridgehead atoms. The van der Waals surface area contributed by atoms with Gasteiger partial charge in [-0.15, -0.1) is 0 Å². The van der Waals surface area contributed by atoms with Gasteiger partial charge in [0.2, 0.25) is 0 Å². The first-order valence-electron chi connectivity index (χ1n) is 6.39. The zero-order valence-corrected chi connectivity index (χ0v) is 10.4. The van der Waals surface area contributed by atoms with Crippen LogP contribution < -0.4 is 10.2 Å². The Hall–Kier alpha value is -1.62. The van der Waals surface area contributed by atoms with Crippen molar-refractivity contribution in [2.24, 2.45) is 5.92 Å². The monoisotopic (exact) mass is 247 g/mol. The molecule has 18 heavy (non-hydrogen) atoms. The molecule has 0 unspecified atom stereocenters. The molecular formula is C13H17N3O2.